The molecule has 1 atom stereocenters. The van der Waals surface area contributed by atoms with Crippen LogP contribution < -0.4 is 5.73 Å². The lowest BCUT2D eigenvalue weighted by atomic mass is 10.2. The first-order chi connectivity index (χ1) is 8.00. The lowest BCUT2D eigenvalue weighted by molar-refractivity contribution is 0.624. The molecule has 1 aromatic heterocycles. The second kappa shape index (κ2) is 4.43. The predicted molar refractivity (Wildman–Crippen MR) is 63.7 cm³/mol. The van der Waals surface area contributed by atoms with Crippen molar-refractivity contribution in [1.82, 2.24) is 15.0 Å². The Morgan fingerprint density at radius 2 is 2.18 bits per heavy atom. The van der Waals surface area contributed by atoms with E-state index in [1.165, 1.54) is 16.8 Å². The first-order valence-corrected chi connectivity index (χ1v) is 5.51. The monoisotopic (exact) mass is 254 g/mol. The van der Waals surface area contributed by atoms with E-state index in [0.29, 0.717) is 11.4 Å². The number of nitrogens with zero attached hydrogens (tertiary/aromatic N) is 3. The Balaban J connectivity index is 2.50. The van der Waals surface area contributed by atoms with Gasteiger partial charge in [0.05, 0.1) is 16.4 Å². The Morgan fingerprint density at radius 3 is 2.71 bits per heavy atom. The minimum absolute atomic E-state index is 0.0823. The number of aromatic nitrogens is 3. The van der Waals surface area contributed by atoms with Gasteiger partial charge in [-0.05, 0) is 26.0 Å². The van der Waals surface area contributed by atoms with Crippen molar-refractivity contribution in [3.63, 3.8) is 0 Å². The molecule has 90 valence electrons. The molecule has 17 heavy (non-hydrogen) atoms. The Morgan fingerprint density at radius 1 is 1.47 bits per heavy atom. The fraction of sp³-hybridized carbons (Fsp3) is 0.273. The fourth-order valence-electron chi connectivity index (χ4n) is 1.62. The summed E-state index contributed by atoms with van der Waals surface area (Å²) in [5, 5.41) is 8.01. The van der Waals surface area contributed by atoms with E-state index in [9.17, 15) is 4.39 Å². The fourth-order valence-corrected chi connectivity index (χ4v) is 1.74. The standard InChI is InChI=1S/C11H12ClFN4/c1-6(14)11-7(2)17(16-15-11)8-3-4-9(12)10(13)5-8/h3-6H,14H2,1-2H3. The van der Waals surface area contributed by atoms with Crippen LogP contribution in [0.3, 0.4) is 0 Å². The van der Waals surface area contributed by atoms with Crippen molar-refractivity contribution in [1.29, 1.82) is 0 Å². The highest BCUT2D eigenvalue weighted by atomic mass is 35.5. The molecule has 1 heterocycles. The maximum atomic E-state index is 13.3. The lowest BCUT2D eigenvalue weighted by Crippen LogP contribution is -2.08. The molecule has 0 fully saturated rings. The van der Waals surface area contributed by atoms with Gasteiger partial charge in [-0.1, -0.05) is 16.8 Å². The molecule has 0 bridgehead atoms. The average Bonchev–Trinajstić information content (AvgIpc) is 2.64. The van der Waals surface area contributed by atoms with Gasteiger partial charge in [0.15, 0.2) is 0 Å². The van der Waals surface area contributed by atoms with E-state index >= 15 is 0 Å². The summed E-state index contributed by atoms with van der Waals surface area (Å²) in [5.74, 6) is -0.485. The summed E-state index contributed by atoms with van der Waals surface area (Å²) in [7, 11) is 0. The molecular weight excluding hydrogens is 243 g/mol. The van der Waals surface area contributed by atoms with Crippen LogP contribution in [0.4, 0.5) is 4.39 Å². The highest BCUT2D eigenvalue weighted by Crippen LogP contribution is 2.20. The zero-order chi connectivity index (χ0) is 12.6. The first kappa shape index (κ1) is 12.0. The van der Waals surface area contributed by atoms with Crippen LogP contribution in [0.25, 0.3) is 5.69 Å². The molecule has 2 rings (SSSR count). The van der Waals surface area contributed by atoms with Crippen molar-refractivity contribution in [2.75, 3.05) is 0 Å². The van der Waals surface area contributed by atoms with Gasteiger partial charge in [-0.3, -0.25) is 0 Å². The van der Waals surface area contributed by atoms with Gasteiger partial charge in [-0.15, -0.1) is 5.10 Å². The molecular formula is C11H12ClFN4. The molecule has 0 saturated carbocycles. The molecule has 2 aromatic rings. The van der Waals surface area contributed by atoms with E-state index in [1.807, 2.05) is 13.8 Å². The van der Waals surface area contributed by atoms with Gasteiger partial charge >= 0.3 is 0 Å². The molecule has 2 N–H and O–H groups in total. The van der Waals surface area contributed by atoms with E-state index in [0.717, 1.165) is 5.69 Å². The molecule has 4 nitrogen and oxygen atoms in total. The van der Waals surface area contributed by atoms with E-state index in [2.05, 4.69) is 10.3 Å². The van der Waals surface area contributed by atoms with Crippen LogP contribution >= 0.6 is 11.6 Å². The molecule has 0 spiro atoms. The molecule has 1 aromatic carbocycles. The van der Waals surface area contributed by atoms with Crippen LogP contribution in [0, 0.1) is 12.7 Å². The van der Waals surface area contributed by atoms with Crippen LogP contribution in [0.1, 0.15) is 24.4 Å². The van der Waals surface area contributed by atoms with Crippen LogP contribution in [-0.2, 0) is 0 Å². The summed E-state index contributed by atoms with van der Waals surface area (Å²) in [6.45, 7) is 3.66. The number of hydrogen-bond acceptors (Lipinski definition) is 3. The van der Waals surface area contributed by atoms with Gasteiger partial charge in [0.2, 0.25) is 0 Å². The smallest absolute Gasteiger partial charge is 0.143 e. The Bertz CT molecular complexity index is 550. The molecule has 0 aliphatic carbocycles. The minimum atomic E-state index is -0.485. The first-order valence-electron chi connectivity index (χ1n) is 5.14. The molecule has 0 amide bonds. The molecule has 0 aliphatic rings. The van der Waals surface area contributed by atoms with Gasteiger partial charge in [-0.2, -0.15) is 0 Å². The van der Waals surface area contributed by atoms with E-state index < -0.39 is 5.82 Å². The largest absolute Gasteiger partial charge is 0.323 e. The third-order valence-corrected chi connectivity index (χ3v) is 2.82. The maximum Gasteiger partial charge on any atom is 0.143 e. The Hall–Kier alpha value is -1.46. The van der Waals surface area contributed by atoms with Crippen LogP contribution in [0.5, 0.6) is 0 Å². The summed E-state index contributed by atoms with van der Waals surface area (Å²) >= 11 is 5.62. The highest BCUT2D eigenvalue weighted by molar-refractivity contribution is 6.30. The van der Waals surface area contributed by atoms with Gasteiger partial charge in [0.1, 0.15) is 11.5 Å². The van der Waals surface area contributed by atoms with Crippen molar-refractivity contribution < 1.29 is 4.39 Å². The summed E-state index contributed by atoms with van der Waals surface area (Å²) < 4.78 is 14.9. The molecule has 0 radical (unpaired) electrons. The lowest BCUT2D eigenvalue weighted by Gasteiger charge is -2.05. The third-order valence-electron chi connectivity index (χ3n) is 2.51. The van der Waals surface area contributed by atoms with E-state index in [1.54, 1.807) is 6.07 Å². The second-order valence-corrected chi connectivity index (χ2v) is 4.27. The SMILES string of the molecule is Cc1c(C(C)N)nnn1-c1ccc(Cl)c(F)c1. The minimum Gasteiger partial charge on any atom is -0.323 e. The summed E-state index contributed by atoms with van der Waals surface area (Å²) in [6, 6.07) is 4.27. The Labute approximate surface area is 103 Å². The van der Waals surface area contributed by atoms with Crippen LogP contribution in [-0.4, -0.2) is 15.0 Å². The number of benzene rings is 1. The molecule has 0 saturated heterocycles. The van der Waals surface area contributed by atoms with Gasteiger partial charge < -0.3 is 5.73 Å². The molecule has 6 heteroatoms. The van der Waals surface area contributed by atoms with Crippen molar-refractivity contribution in [3.05, 3.63) is 40.4 Å². The zero-order valence-corrected chi connectivity index (χ0v) is 10.2. The van der Waals surface area contributed by atoms with Crippen LogP contribution in [0.2, 0.25) is 5.02 Å². The normalized spacial score (nSPS) is 12.8. The Kier molecular flexibility index (Phi) is 3.13. The summed E-state index contributed by atoms with van der Waals surface area (Å²) in [5.41, 5.74) is 7.81. The molecule has 0 aliphatic heterocycles. The number of nitrogens with two attached hydrogens (primary N) is 1. The van der Waals surface area contributed by atoms with Crippen molar-refractivity contribution in [2.24, 2.45) is 5.73 Å². The van der Waals surface area contributed by atoms with Crippen molar-refractivity contribution in [3.8, 4) is 5.69 Å². The van der Waals surface area contributed by atoms with Gasteiger partial charge in [0, 0.05) is 12.1 Å². The maximum absolute atomic E-state index is 13.3. The third kappa shape index (κ3) is 2.16. The van der Waals surface area contributed by atoms with E-state index in [-0.39, 0.29) is 11.1 Å². The van der Waals surface area contributed by atoms with E-state index in [4.69, 9.17) is 17.3 Å². The number of rotatable bonds is 2. The quantitative estimate of drug-likeness (QED) is 0.895. The zero-order valence-electron chi connectivity index (χ0n) is 9.48. The highest BCUT2D eigenvalue weighted by Gasteiger charge is 2.14. The summed E-state index contributed by atoms with van der Waals surface area (Å²) in [4.78, 5) is 0. The summed E-state index contributed by atoms with van der Waals surface area (Å²) in [6.07, 6.45) is 0. The van der Waals surface area contributed by atoms with Crippen molar-refractivity contribution >= 4 is 11.6 Å². The van der Waals surface area contributed by atoms with Crippen molar-refractivity contribution in [2.45, 2.75) is 19.9 Å². The molecule has 1 unspecified atom stereocenters. The average molecular weight is 255 g/mol. The second-order valence-electron chi connectivity index (χ2n) is 3.86. The number of halogens is 2. The topological polar surface area (TPSA) is 56.7 Å². The van der Waals surface area contributed by atoms with Gasteiger partial charge in [-0.25, -0.2) is 9.07 Å². The van der Waals surface area contributed by atoms with Gasteiger partial charge in [0.25, 0.3) is 0 Å². The predicted octanol–water partition coefficient (Wildman–Crippen LogP) is 2.39. The van der Waals surface area contributed by atoms with Crippen LogP contribution in [0.15, 0.2) is 18.2 Å². The number of hydrogen-bond donors (Lipinski definition) is 1.